The minimum atomic E-state index is 0.592. The molecule has 1 aliphatic heterocycles. The lowest BCUT2D eigenvalue weighted by molar-refractivity contribution is 0.399. The maximum atomic E-state index is 4.80. The van der Waals surface area contributed by atoms with Crippen molar-refractivity contribution < 1.29 is 0 Å². The molecule has 5 heteroatoms. The predicted octanol–water partition coefficient (Wildman–Crippen LogP) is 2.14. The van der Waals surface area contributed by atoms with Crippen LogP contribution in [0.4, 0.5) is 5.95 Å². The number of aromatic amines is 1. The van der Waals surface area contributed by atoms with Crippen molar-refractivity contribution in [1.29, 1.82) is 0 Å². The minimum absolute atomic E-state index is 0.592. The molecular weight excluding hydrogens is 250 g/mol. The molecule has 0 amide bonds. The Morgan fingerprint density at radius 1 is 1.30 bits per heavy atom. The van der Waals surface area contributed by atoms with Crippen molar-refractivity contribution in [1.82, 2.24) is 20.5 Å². The van der Waals surface area contributed by atoms with E-state index in [0.29, 0.717) is 5.92 Å². The number of hydrogen-bond donors (Lipinski definition) is 2. The summed E-state index contributed by atoms with van der Waals surface area (Å²) in [5.41, 5.74) is 0. The summed E-state index contributed by atoms with van der Waals surface area (Å²) in [6, 6.07) is 0. The van der Waals surface area contributed by atoms with Gasteiger partial charge in [-0.1, -0.05) is 13.3 Å². The maximum Gasteiger partial charge on any atom is 0.244 e. The fourth-order valence-corrected chi connectivity index (χ4v) is 3.83. The first kappa shape index (κ1) is 13.9. The van der Waals surface area contributed by atoms with Gasteiger partial charge in [-0.2, -0.15) is 4.98 Å². The Morgan fingerprint density at radius 3 is 2.95 bits per heavy atom. The molecule has 2 N–H and O–H groups in total. The van der Waals surface area contributed by atoms with Gasteiger partial charge in [0.15, 0.2) is 0 Å². The lowest BCUT2D eigenvalue weighted by Gasteiger charge is -2.31. The van der Waals surface area contributed by atoms with Gasteiger partial charge in [0.25, 0.3) is 0 Å². The Hall–Kier alpha value is -1.10. The number of rotatable bonds is 4. The van der Waals surface area contributed by atoms with Gasteiger partial charge in [-0.3, -0.25) is 5.10 Å². The summed E-state index contributed by atoms with van der Waals surface area (Å²) in [7, 11) is 2.03. The number of nitrogens with one attached hydrogen (secondary N) is 2. The van der Waals surface area contributed by atoms with E-state index >= 15 is 0 Å². The van der Waals surface area contributed by atoms with E-state index in [1.807, 2.05) is 7.05 Å². The van der Waals surface area contributed by atoms with E-state index in [4.69, 9.17) is 4.98 Å². The highest BCUT2D eigenvalue weighted by atomic mass is 15.4. The fraction of sp³-hybridized carbons (Fsp3) is 0.867. The van der Waals surface area contributed by atoms with Crippen molar-refractivity contribution in [3.8, 4) is 0 Å². The van der Waals surface area contributed by atoms with Crippen LogP contribution in [0.5, 0.6) is 0 Å². The van der Waals surface area contributed by atoms with Crippen LogP contribution in [0.15, 0.2) is 0 Å². The van der Waals surface area contributed by atoms with Crippen LogP contribution in [0.3, 0.4) is 0 Å². The van der Waals surface area contributed by atoms with Crippen molar-refractivity contribution in [3.05, 3.63) is 5.82 Å². The monoisotopic (exact) mass is 277 g/mol. The van der Waals surface area contributed by atoms with Crippen LogP contribution in [0, 0.1) is 11.8 Å². The van der Waals surface area contributed by atoms with Crippen molar-refractivity contribution in [3.63, 3.8) is 0 Å². The molecule has 5 nitrogen and oxygen atoms in total. The molecule has 2 heterocycles. The largest absolute Gasteiger partial charge is 0.339 e. The lowest BCUT2D eigenvalue weighted by Crippen LogP contribution is -2.39. The Kier molecular flexibility index (Phi) is 4.24. The molecule has 2 fully saturated rings. The quantitative estimate of drug-likeness (QED) is 0.885. The molecule has 3 rings (SSSR count). The van der Waals surface area contributed by atoms with Crippen LogP contribution in [-0.2, 0) is 0 Å². The van der Waals surface area contributed by atoms with E-state index in [1.54, 1.807) is 0 Å². The van der Waals surface area contributed by atoms with Gasteiger partial charge in [0.1, 0.15) is 5.82 Å². The summed E-state index contributed by atoms with van der Waals surface area (Å²) >= 11 is 0. The van der Waals surface area contributed by atoms with Crippen molar-refractivity contribution in [2.45, 2.75) is 44.9 Å². The Bertz CT molecular complexity index is 428. The van der Waals surface area contributed by atoms with Crippen molar-refractivity contribution in [2.75, 3.05) is 31.6 Å². The predicted molar refractivity (Wildman–Crippen MR) is 81.0 cm³/mol. The van der Waals surface area contributed by atoms with Gasteiger partial charge >= 0.3 is 0 Å². The second-order valence-electron chi connectivity index (χ2n) is 6.55. The zero-order valence-corrected chi connectivity index (χ0v) is 12.7. The Balaban J connectivity index is 1.66. The van der Waals surface area contributed by atoms with E-state index in [-0.39, 0.29) is 0 Å². The number of anilines is 1. The smallest absolute Gasteiger partial charge is 0.244 e. The number of aromatic nitrogens is 3. The molecule has 1 saturated heterocycles. The molecule has 1 saturated carbocycles. The van der Waals surface area contributed by atoms with E-state index in [0.717, 1.165) is 43.2 Å². The average Bonchev–Trinajstić information content (AvgIpc) is 3.08. The third-order valence-corrected chi connectivity index (χ3v) is 5.00. The van der Waals surface area contributed by atoms with Crippen LogP contribution in [-0.4, -0.2) is 41.9 Å². The standard InChI is InChI=1S/C15H27N5/c1-11-5-3-7-13(11)14-17-15(19-18-14)20-8-4-6-12(10-20)9-16-2/h11-13,16H,3-10H2,1-2H3,(H,17,18,19). The van der Waals surface area contributed by atoms with E-state index < -0.39 is 0 Å². The number of piperidine rings is 1. The van der Waals surface area contributed by atoms with Crippen LogP contribution in [0.1, 0.15) is 50.8 Å². The number of hydrogen-bond acceptors (Lipinski definition) is 4. The molecule has 0 aromatic carbocycles. The zero-order chi connectivity index (χ0) is 13.9. The average molecular weight is 277 g/mol. The maximum absolute atomic E-state index is 4.80. The first-order chi connectivity index (χ1) is 9.78. The molecule has 0 spiro atoms. The highest BCUT2D eigenvalue weighted by molar-refractivity contribution is 5.30. The summed E-state index contributed by atoms with van der Waals surface area (Å²) in [4.78, 5) is 7.15. The van der Waals surface area contributed by atoms with Crippen LogP contribution < -0.4 is 10.2 Å². The highest BCUT2D eigenvalue weighted by Crippen LogP contribution is 2.38. The molecule has 3 unspecified atom stereocenters. The van der Waals surface area contributed by atoms with Crippen LogP contribution >= 0.6 is 0 Å². The summed E-state index contributed by atoms with van der Waals surface area (Å²) in [6.45, 7) is 5.60. The fourth-order valence-electron chi connectivity index (χ4n) is 3.83. The van der Waals surface area contributed by atoms with Crippen molar-refractivity contribution in [2.24, 2.45) is 11.8 Å². The first-order valence-corrected chi connectivity index (χ1v) is 8.09. The lowest BCUT2D eigenvalue weighted by atomic mass is 9.97. The van der Waals surface area contributed by atoms with Gasteiger partial charge in [-0.25, -0.2) is 0 Å². The SMILES string of the molecule is CNCC1CCCN(c2n[nH]c(C3CCCC3C)n2)C1. The Labute approximate surface area is 121 Å². The minimum Gasteiger partial charge on any atom is -0.339 e. The molecule has 1 aromatic rings. The van der Waals surface area contributed by atoms with Crippen LogP contribution in [0.2, 0.25) is 0 Å². The zero-order valence-electron chi connectivity index (χ0n) is 12.7. The van der Waals surface area contributed by atoms with Gasteiger partial charge in [-0.05, 0) is 51.1 Å². The van der Waals surface area contributed by atoms with Gasteiger partial charge in [0, 0.05) is 19.0 Å². The second kappa shape index (κ2) is 6.12. The summed E-state index contributed by atoms with van der Waals surface area (Å²) in [5.74, 6) is 4.09. The molecule has 0 bridgehead atoms. The summed E-state index contributed by atoms with van der Waals surface area (Å²) < 4.78 is 0. The molecule has 1 aromatic heterocycles. The first-order valence-electron chi connectivity index (χ1n) is 8.09. The summed E-state index contributed by atoms with van der Waals surface area (Å²) in [6.07, 6.45) is 6.48. The molecule has 1 aliphatic carbocycles. The van der Waals surface area contributed by atoms with Crippen LogP contribution in [0.25, 0.3) is 0 Å². The van der Waals surface area contributed by atoms with E-state index in [1.165, 1.54) is 32.1 Å². The summed E-state index contributed by atoms with van der Waals surface area (Å²) in [5, 5.41) is 11.0. The molecular formula is C15H27N5. The van der Waals surface area contributed by atoms with E-state index in [9.17, 15) is 0 Å². The van der Waals surface area contributed by atoms with Gasteiger partial charge in [0.2, 0.25) is 5.95 Å². The van der Waals surface area contributed by atoms with Gasteiger partial charge in [-0.15, -0.1) is 5.10 Å². The normalized spacial score (nSPS) is 30.9. The Morgan fingerprint density at radius 2 is 2.20 bits per heavy atom. The highest BCUT2D eigenvalue weighted by Gasteiger charge is 2.29. The second-order valence-corrected chi connectivity index (χ2v) is 6.55. The van der Waals surface area contributed by atoms with E-state index in [2.05, 4.69) is 27.3 Å². The molecule has 20 heavy (non-hydrogen) atoms. The van der Waals surface area contributed by atoms with Crippen molar-refractivity contribution >= 4 is 5.95 Å². The topological polar surface area (TPSA) is 56.8 Å². The third-order valence-electron chi connectivity index (χ3n) is 5.00. The van der Waals surface area contributed by atoms with Gasteiger partial charge in [0.05, 0.1) is 0 Å². The molecule has 2 aliphatic rings. The third kappa shape index (κ3) is 2.82. The number of nitrogens with zero attached hydrogens (tertiary/aromatic N) is 3. The number of H-pyrrole nitrogens is 1. The molecule has 112 valence electrons. The van der Waals surface area contributed by atoms with Gasteiger partial charge < -0.3 is 10.2 Å². The molecule has 0 radical (unpaired) electrons. The molecule has 3 atom stereocenters.